The SMILES string of the molecule is O=C(Cc1cccc(F)c1)N1CCC[C@@H]1c1nc(-c2ccc(F)cc2F)no1. The third-order valence-electron chi connectivity index (χ3n) is 4.72. The van der Waals surface area contributed by atoms with Crippen molar-refractivity contribution in [3.05, 3.63) is 71.4 Å². The van der Waals surface area contributed by atoms with E-state index < -0.39 is 23.5 Å². The van der Waals surface area contributed by atoms with Crippen LogP contribution in [0.25, 0.3) is 11.4 Å². The molecule has 5 nitrogen and oxygen atoms in total. The molecule has 8 heteroatoms. The predicted octanol–water partition coefficient (Wildman–Crippen LogP) is 4.06. The lowest BCUT2D eigenvalue weighted by Gasteiger charge is -2.21. The van der Waals surface area contributed by atoms with Crippen molar-refractivity contribution in [2.24, 2.45) is 0 Å². The zero-order valence-electron chi connectivity index (χ0n) is 14.7. The molecule has 28 heavy (non-hydrogen) atoms. The fourth-order valence-electron chi connectivity index (χ4n) is 3.40. The van der Waals surface area contributed by atoms with Crippen LogP contribution in [0.1, 0.15) is 30.3 Å². The molecule has 0 spiro atoms. The van der Waals surface area contributed by atoms with Crippen LogP contribution >= 0.6 is 0 Å². The molecular formula is C20H16F3N3O2. The molecule has 2 aromatic carbocycles. The Kier molecular flexibility index (Phi) is 4.85. The highest BCUT2D eigenvalue weighted by atomic mass is 19.1. The zero-order chi connectivity index (χ0) is 19.7. The molecule has 0 unspecified atom stereocenters. The van der Waals surface area contributed by atoms with Crippen LogP contribution in [-0.2, 0) is 11.2 Å². The third-order valence-corrected chi connectivity index (χ3v) is 4.72. The maximum absolute atomic E-state index is 13.9. The second-order valence-electron chi connectivity index (χ2n) is 6.63. The molecule has 144 valence electrons. The first-order valence-corrected chi connectivity index (χ1v) is 8.84. The molecule has 0 N–H and O–H groups in total. The molecule has 1 aliphatic heterocycles. The summed E-state index contributed by atoms with van der Waals surface area (Å²) in [5.74, 6) is -1.87. The number of hydrogen-bond acceptors (Lipinski definition) is 4. The quantitative estimate of drug-likeness (QED) is 0.677. The summed E-state index contributed by atoms with van der Waals surface area (Å²) in [4.78, 5) is 18.5. The van der Waals surface area contributed by atoms with Crippen LogP contribution < -0.4 is 0 Å². The van der Waals surface area contributed by atoms with Crippen molar-refractivity contribution in [1.29, 1.82) is 0 Å². The lowest BCUT2D eigenvalue weighted by atomic mass is 10.1. The number of rotatable bonds is 4. The topological polar surface area (TPSA) is 59.2 Å². The molecule has 0 bridgehead atoms. The zero-order valence-corrected chi connectivity index (χ0v) is 14.7. The Morgan fingerprint density at radius 3 is 2.75 bits per heavy atom. The van der Waals surface area contributed by atoms with Crippen molar-refractivity contribution in [2.45, 2.75) is 25.3 Å². The predicted molar refractivity (Wildman–Crippen MR) is 93.4 cm³/mol. The summed E-state index contributed by atoms with van der Waals surface area (Å²) >= 11 is 0. The monoisotopic (exact) mass is 387 g/mol. The van der Waals surface area contributed by atoms with Gasteiger partial charge in [-0.1, -0.05) is 17.3 Å². The van der Waals surface area contributed by atoms with E-state index in [1.54, 1.807) is 17.0 Å². The van der Waals surface area contributed by atoms with Crippen LogP contribution in [-0.4, -0.2) is 27.5 Å². The molecule has 1 aliphatic rings. The number of halogens is 3. The second-order valence-corrected chi connectivity index (χ2v) is 6.63. The van der Waals surface area contributed by atoms with Crippen LogP contribution in [0.2, 0.25) is 0 Å². The van der Waals surface area contributed by atoms with Crippen molar-refractivity contribution in [3.8, 4) is 11.4 Å². The first kappa shape index (κ1) is 18.2. The van der Waals surface area contributed by atoms with E-state index in [1.165, 1.54) is 18.2 Å². The number of hydrogen-bond donors (Lipinski definition) is 0. The Labute approximate surface area is 158 Å². The molecule has 1 aromatic heterocycles. The second kappa shape index (κ2) is 7.46. The van der Waals surface area contributed by atoms with E-state index in [2.05, 4.69) is 10.1 Å². The van der Waals surface area contributed by atoms with E-state index >= 15 is 0 Å². The largest absolute Gasteiger partial charge is 0.337 e. The summed E-state index contributed by atoms with van der Waals surface area (Å²) in [6.07, 6.45) is 1.44. The average Bonchev–Trinajstić information content (AvgIpc) is 3.31. The molecule has 0 aliphatic carbocycles. The number of carbonyl (C=O) groups is 1. The molecule has 1 saturated heterocycles. The van der Waals surface area contributed by atoms with E-state index in [1.807, 2.05) is 0 Å². The molecule has 1 amide bonds. The van der Waals surface area contributed by atoms with Gasteiger partial charge in [0.25, 0.3) is 0 Å². The maximum Gasteiger partial charge on any atom is 0.249 e. The minimum Gasteiger partial charge on any atom is -0.337 e. The Bertz CT molecular complexity index is 1020. The number of benzene rings is 2. The van der Waals surface area contributed by atoms with Gasteiger partial charge in [0, 0.05) is 12.6 Å². The van der Waals surface area contributed by atoms with Gasteiger partial charge < -0.3 is 9.42 Å². The van der Waals surface area contributed by atoms with Gasteiger partial charge in [0.2, 0.25) is 17.6 Å². The fourth-order valence-corrected chi connectivity index (χ4v) is 3.40. The van der Waals surface area contributed by atoms with Gasteiger partial charge >= 0.3 is 0 Å². The minimum absolute atomic E-state index is 0.00284. The summed E-state index contributed by atoms with van der Waals surface area (Å²) in [6, 6.07) is 8.56. The number of aromatic nitrogens is 2. The third kappa shape index (κ3) is 3.62. The van der Waals surface area contributed by atoms with Crippen molar-refractivity contribution >= 4 is 5.91 Å². The Morgan fingerprint density at radius 2 is 1.96 bits per heavy atom. The van der Waals surface area contributed by atoms with E-state index in [4.69, 9.17) is 4.52 Å². The first-order valence-electron chi connectivity index (χ1n) is 8.84. The summed E-state index contributed by atoms with van der Waals surface area (Å²) in [6.45, 7) is 0.515. The maximum atomic E-state index is 13.9. The summed E-state index contributed by atoms with van der Waals surface area (Å²) < 4.78 is 45.6. The lowest BCUT2D eigenvalue weighted by molar-refractivity contribution is -0.131. The van der Waals surface area contributed by atoms with Gasteiger partial charge in [0.1, 0.15) is 23.5 Å². The van der Waals surface area contributed by atoms with E-state index in [9.17, 15) is 18.0 Å². The number of carbonyl (C=O) groups excluding carboxylic acids is 1. The Balaban J connectivity index is 1.54. The molecule has 1 atom stereocenters. The molecular weight excluding hydrogens is 371 g/mol. The number of amides is 1. The van der Waals surface area contributed by atoms with Crippen molar-refractivity contribution in [3.63, 3.8) is 0 Å². The van der Waals surface area contributed by atoms with Gasteiger partial charge in [0.15, 0.2) is 0 Å². The van der Waals surface area contributed by atoms with Crippen LogP contribution in [0.5, 0.6) is 0 Å². The van der Waals surface area contributed by atoms with Gasteiger partial charge in [-0.15, -0.1) is 0 Å². The molecule has 2 heterocycles. The highest BCUT2D eigenvalue weighted by Gasteiger charge is 2.34. The number of nitrogens with zero attached hydrogens (tertiary/aromatic N) is 3. The summed E-state index contributed by atoms with van der Waals surface area (Å²) in [7, 11) is 0. The van der Waals surface area contributed by atoms with Crippen LogP contribution in [0.15, 0.2) is 47.0 Å². The van der Waals surface area contributed by atoms with Gasteiger partial charge in [-0.05, 0) is 42.7 Å². The first-order chi connectivity index (χ1) is 13.5. The van der Waals surface area contributed by atoms with E-state index in [-0.39, 0.29) is 29.6 Å². The molecule has 0 radical (unpaired) electrons. The van der Waals surface area contributed by atoms with Gasteiger partial charge in [-0.2, -0.15) is 4.98 Å². The highest BCUT2D eigenvalue weighted by molar-refractivity contribution is 5.79. The fraction of sp³-hybridized carbons (Fsp3) is 0.250. The Morgan fingerprint density at radius 1 is 1.14 bits per heavy atom. The summed E-state index contributed by atoms with van der Waals surface area (Å²) in [5, 5.41) is 3.77. The Hall–Kier alpha value is -3.16. The number of likely N-dealkylation sites (tertiary alicyclic amines) is 1. The molecule has 3 aromatic rings. The van der Waals surface area contributed by atoms with E-state index in [0.29, 0.717) is 18.5 Å². The van der Waals surface area contributed by atoms with Gasteiger partial charge in [0.05, 0.1) is 12.0 Å². The molecule has 1 fully saturated rings. The molecule has 0 saturated carbocycles. The lowest BCUT2D eigenvalue weighted by Crippen LogP contribution is -2.32. The van der Waals surface area contributed by atoms with Gasteiger partial charge in [-0.3, -0.25) is 4.79 Å². The van der Waals surface area contributed by atoms with E-state index in [0.717, 1.165) is 18.6 Å². The highest BCUT2D eigenvalue weighted by Crippen LogP contribution is 2.33. The van der Waals surface area contributed by atoms with Crippen molar-refractivity contribution < 1.29 is 22.5 Å². The minimum atomic E-state index is -0.794. The van der Waals surface area contributed by atoms with Gasteiger partial charge in [-0.25, -0.2) is 13.2 Å². The van der Waals surface area contributed by atoms with Crippen LogP contribution in [0.3, 0.4) is 0 Å². The molecule has 4 rings (SSSR count). The summed E-state index contributed by atoms with van der Waals surface area (Å²) in [5.41, 5.74) is 0.599. The van der Waals surface area contributed by atoms with Crippen LogP contribution in [0, 0.1) is 17.5 Å². The normalized spacial score (nSPS) is 16.5. The van der Waals surface area contributed by atoms with Crippen molar-refractivity contribution in [1.82, 2.24) is 15.0 Å². The smallest absolute Gasteiger partial charge is 0.249 e. The van der Waals surface area contributed by atoms with Crippen molar-refractivity contribution in [2.75, 3.05) is 6.54 Å². The average molecular weight is 387 g/mol. The van der Waals surface area contributed by atoms with Crippen LogP contribution in [0.4, 0.5) is 13.2 Å². The standard InChI is InChI=1S/C20H16F3N3O2/c21-13-4-1-3-12(9-13)10-18(27)26-8-2-5-17(26)20-24-19(25-28-20)15-7-6-14(22)11-16(15)23/h1,3-4,6-7,9,11,17H,2,5,8,10H2/t17-/m1/s1.